The maximum Gasteiger partial charge on any atom is 0.309 e. The minimum Gasteiger partial charge on any atom is -0.481 e. The fourth-order valence-corrected chi connectivity index (χ4v) is 2.47. The molecule has 0 aromatic heterocycles. The summed E-state index contributed by atoms with van der Waals surface area (Å²) in [6.45, 7) is 5.12. The van der Waals surface area contributed by atoms with Crippen LogP contribution in [0.4, 0.5) is 5.69 Å². The third-order valence-corrected chi connectivity index (χ3v) is 4.00. The second-order valence-corrected chi connectivity index (χ2v) is 5.49. The summed E-state index contributed by atoms with van der Waals surface area (Å²) >= 11 is 0. The maximum atomic E-state index is 11.2. The molecule has 0 spiro atoms. The molecule has 100 valence electrons. The number of nitriles is 1. The molecule has 0 amide bonds. The Hall–Kier alpha value is -2.02. The minimum atomic E-state index is -0.725. The van der Waals surface area contributed by atoms with Gasteiger partial charge in [0, 0.05) is 13.1 Å². The van der Waals surface area contributed by atoms with Crippen LogP contribution in [0.1, 0.15) is 30.9 Å². The van der Waals surface area contributed by atoms with Crippen molar-refractivity contribution in [3.63, 3.8) is 0 Å². The van der Waals surface area contributed by atoms with E-state index in [0.29, 0.717) is 31.5 Å². The monoisotopic (exact) mass is 258 g/mol. The first-order valence-corrected chi connectivity index (χ1v) is 6.45. The van der Waals surface area contributed by atoms with Crippen molar-refractivity contribution in [1.82, 2.24) is 0 Å². The van der Waals surface area contributed by atoms with E-state index in [0.717, 1.165) is 11.3 Å². The van der Waals surface area contributed by atoms with Gasteiger partial charge in [-0.25, -0.2) is 0 Å². The first-order chi connectivity index (χ1) is 8.96. The summed E-state index contributed by atoms with van der Waals surface area (Å²) in [5, 5.41) is 18.4. The van der Waals surface area contributed by atoms with Crippen molar-refractivity contribution >= 4 is 11.7 Å². The highest BCUT2D eigenvalue weighted by Gasteiger charge is 2.37. The summed E-state index contributed by atoms with van der Waals surface area (Å²) in [6, 6.07) is 8.04. The molecule has 1 N–H and O–H groups in total. The highest BCUT2D eigenvalue weighted by Crippen LogP contribution is 2.34. The summed E-state index contributed by atoms with van der Waals surface area (Å²) in [5.41, 5.74) is 2.01. The fourth-order valence-electron chi connectivity index (χ4n) is 2.47. The summed E-state index contributed by atoms with van der Waals surface area (Å²) in [5.74, 6) is -0.725. The van der Waals surface area contributed by atoms with Crippen LogP contribution in [-0.4, -0.2) is 24.2 Å². The molecule has 0 unspecified atom stereocenters. The molecule has 4 nitrogen and oxygen atoms in total. The average Bonchev–Trinajstić information content (AvgIpc) is 2.39. The van der Waals surface area contributed by atoms with E-state index in [4.69, 9.17) is 0 Å². The first kappa shape index (κ1) is 13.4. The maximum absolute atomic E-state index is 11.2. The highest BCUT2D eigenvalue weighted by molar-refractivity contribution is 5.74. The highest BCUT2D eigenvalue weighted by atomic mass is 16.4. The Morgan fingerprint density at radius 3 is 2.58 bits per heavy atom. The number of carboxylic acid groups (broad SMARTS) is 1. The number of aryl methyl sites for hydroxylation is 1. The Morgan fingerprint density at radius 2 is 2.05 bits per heavy atom. The molecule has 2 rings (SSSR count). The summed E-state index contributed by atoms with van der Waals surface area (Å²) in [4.78, 5) is 13.3. The molecule has 19 heavy (non-hydrogen) atoms. The molecule has 1 aliphatic heterocycles. The van der Waals surface area contributed by atoms with Gasteiger partial charge in [-0.1, -0.05) is 6.07 Å². The number of piperidine rings is 1. The van der Waals surface area contributed by atoms with Crippen LogP contribution < -0.4 is 4.90 Å². The van der Waals surface area contributed by atoms with Crippen molar-refractivity contribution in [2.45, 2.75) is 26.7 Å². The van der Waals surface area contributed by atoms with Crippen LogP contribution in [0.25, 0.3) is 0 Å². The van der Waals surface area contributed by atoms with E-state index >= 15 is 0 Å². The largest absolute Gasteiger partial charge is 0.481 e. The number of carboxylic acids is 1. The smallest absolute Gasteiger partial charge is 0.309 e. The van der Waals surface area contributed by atoms with E-state index in [-0.39, 0.29) is 0 Å². The van der Waals surface area contributed by atoms with Gasteiger partial charge in [-0.3, -0.25) is 4.79 Å². The zero-order valence-corrected chi connectivity index (χ0v) is 11.3. The number of hydrogen-bond donors (Lipinski definition) is 1. The van der Waals surface area contributed by atoms with Gasteiger partial charge in [0.2, 0.25) is 0 Å². The van der Waals surface area contributed by atoms with Crippen LogP contribution >= 0.6 is 0 Å². The lowest BCUT2D eigenvalue weighted by Gasteiger charge is -2.38. The van der Waals surface area contributed by atoms with Crippen molar-refractivity contribution in [1.29, 1.82) is 5.26 Å². The van der Waals surface area contributed by atoms with E-state index in [1.165, 1.54) is 0 Å². The Morgan fingerprint density at radius 1 is 1.42 bits per heavy atom. The second kappa shape index (κ2) is 4.93. The predicted octanol–water partition coefficient (Wildman–Crippen LogP) is 2.56. The van der Waals surface area contributed by atoms with Gasteiger partial charge in [0.25, 0.3) is 0 Å². The zero-order chi connectivity index (χ0) is 14.0. The van der Waals surface area contributed by atoms with Crippen LogP contribution in [-0.2, 0) is 4.79 Å². The van der Waals surface area contributed by atoms with E-state index < -0.39 is 11.4 Å². The van der Waals surface area contributed by atoms with Crippen molar-refractivity contribution in [3.05, 3.63) is 29.3 Å². The molecule has 0 aliphatic carbocycles. The van der Waals surface area contributed by atoms with E-state index in [1.807, 2.05) is 25.1 Å². The van der Waals surface area contributed by atoms with E-state index in [1.54, 1.807) is 6.92 Å². The van der Waals surface area contributed by atoms with Crippen LogP contribution in [0.2, 0.25) is 0 Å². The lowest BCUT2D eigenvalue weighted by atomic mass is 9.80. The van der Waals surface area contributed by atoms with Gasteiger partial charge in [0.15, 0.2) is 0 Å². The van der Waals surface area contributed by atoms with Gasteiger partial charge in [0.05, 0.1) is 16.7 Å². The van der Waals surface area contributed by atoms with Crippen molar-refractivity contribution in [3.8, 4) is 6.07 Å². The lowest BCUT2D eigenvalue weighted by Crippen LogP contribution is -2.43. The third-order valence-electron chi connectivity index (χ3n) is 4.00. The van der Waals surface area contributed by atoms with Crippen LogP contribution in [0.15, 0.2) is 18.2 Å². The van der Waals surface area contributed by atoms with Crippen LogP contribution in [0, 0.1) is 23.7 Å². The van der Waals surface area contributed by atoms with Crippen LogP contribution in [0.5, 0.6) is 0 Å². The quantitative estimate of drug-likeness (QED) is 0.885. The average molecular weight is 258 g/mol. The lowest BCUT2D eigenvalue weighted by molar-refractivity contribution is -0.149. The van der Waals surface area contributed by atoms with Crippen LogP contribution in [0.3, 0.4) is 0 Å². The minimum absolute atomic E-state index is 0.612. The number of rotatable bonds is 2. The predicted molar refractivity (Wildman–Crippen MR) is 73.1 cm³/mol. The SMILES string of the molecule is Cc1ccc(N2CCC(C)(C(=O)O)CC2)c(C#N)c1. The van der Waals surface area contributed by atoms with Gasteiger partial charge in [-0.15, -0.1) is 0 Å². The van der Waals surface area contributed by atoms with Gasteiger partial charge >= 0.3 is 5.97 Å². The van der Waals surface area contributed by atoms with E-state index in [9.17, 15) is 15.2 Å². The normalized spacial score (nSPS) is 17.8. The molecule has 1 aliphatic rings. The number of anilines is 1. The molecule has 1 fully saturated rings. The molecule has 0 saturated carbocycles. The first-order valence-electron chi connectivity index (χ1n) is 6.45. The molecule has 0 atom stereocenters. The molecule has 1 aromatic carbocycles. The number of nitrogens with zero attached hydrogens (tertiary/aromatic N) is 2. The van der Waals surface area contributed by atoms with Crippen molar-refractivity contribution in [2.24, 2.45) is 5.41 Å². The van der Waals surface area contributed by atoms with Gasteiger partial charge in [0.1, 0.15) is 6.07 Å². The number of benzene rings is 1. The summed E-state index contributed by atoms with van der Waals surface area (Å²) < 4.78 is 0. The molecule has 1 saturated heterocycles. The molecule has 0 bridgehead atoms. The Bertz CT molecular complexity index is 538. The number of carbonyl (C=O) groups is 1. The van der Waals surface area contributed by atoms with Crippen molar-refractivity contribution < 1.29 is 9.90 Å². The standard InChI is InChI=1S/C15H18N2O2/c1-11-3-4-13(12(9-11)10-16)17-7-5-15(2,6-8-17)14(18)19/h3-4,9H,5-8H2,1-2H3,(H,18,19). The second-order valence-electron chi connectivity index (χ2n) is 5.49. The summed E-state index contributed by atoms with van der Waals surface area (Å²) in [6.07, 6.45) is 1.22. The fraction of sp³-hybridized carbons (Fsp3) is 0.467. The zero-order valence-electron chi connectivity index (χ0n) is 11.3. The van der Waals surface area contributed by atoms with E-state index in [2.05, 4.69) is 11.0 Å². The molecule has 1 aromatic rings. The molecular formula is C15H18N2O2. The Labute approximate surface area is 113 Å². The van der Waals surface area contributed by atoms with Crippen molar-refractivity contribution in [2.75, 3.05) is 18.0 Å². The number of aliphatic carboxylic acids is 1. The third kappa shape index (κ3) is 2.55. The summed E-state index contributed by atoms with van der Waals surface area (Å²) in [7, 11) is 0. The topological polar surface area (TPSA) is 64.3 Å². The molecule has 0 radical (unpaired) electrons. The number of hydrogen-bond acceptors (Lipinski definition) is 3. The van der Waals surface area contributed by atoms with Gasteiger partial charge in [-0.05, 0) is 44.4 Å². The molecule has 1 heterocycles. The Kier molecular flexibility index (Phi) is 3.48. The Balaban J connectivity index is 2.19. The molecule has 4 heteroatoms. The molecular weight excluding hydrogens is 240 g/mol. The van der Waals surface area contributed by atoms with Gasteiger partial charge in [-0.2, -0.15) is 5.26 Å². The van der Waals surface area contributed by atoms with Gasteiger partial charge < -0.3 is 10.0 Å².